The van der Waals surface area contributed by atoms with Crippen molar-refractivity contribution in [2.45, 2.75) is 26.2 Å². The first kappa shape index (κ1) is 15.5. The number of nitrogens with one attached hydrogen (secondary N) is 1. The Hall–Kier alpha value is -2.99. The second-order valence-corrected chi connectivity index (χ2v) is 5.97. The Balaban J connectivity index is 1.38. The van der Waals surface area contributed by atoms with E-state index in [0.29, 0.717) is 31.1 Å². The van der Waals surface area contributed by atoms with Gasteiger partial charge in [0.05, 0.1) is 13.2 Å². The van der Waals surface area contributed by atoms with E-state index in [0.717, 1.165) is 23.2 Å². The van der Waals surface area contributed by atoms with Crippen molar-refractivity contribution < 1.29 is 9.53 Å². The maximum atomic E-state index is 12.4. The lowest BCUT2D eigenvalue weighted by molar-refractivity contribution is 0.102. The number of ether oxygens (including phenoxy) is 1. The zero-order valence-corrected chi connectivity index (χ0v) is 13.7. The number of carbonyl (C=O) groups excluding carboxylic acids is 1. The fourth-order valence-electron chi connectivity index (χ4n) is 2.83. The minimum Gasteiger partial charge on any atom is -0.372 e. The van der Waals surface area contributed by atoms with Gasteiger partial charge in [0, 0.05) is 42.7 Å². The molecule has 0 atom stereocenters. The SMILES string of the molecule is O=C(Nc1ccn(CCc2ccccn2)n1)c1ccc2c(c1)COC2. The summed E-state index contributed by atoms with van der Waals surface area (Å²) >= 11 is 0. The molecule has 1 amide bonds. The van der Waals surface area contributed by atoms with Crippen LogP contribution < -0.4 is 5.32 Å². The van der Waals surface area contributed by atoms with Crippen molar-refractivity contribution in [3.8, 4) is 0 Å². The van der Waals surface area contributed by atoms with E-state index < -0.39 is 0 Å². The van der Waals surface area contributed by atoms with E-state index >= 15 is 0 Å². The van der Waals surface area contributed by atoms with Gasteiger partial charge in [-0.2, -0.15) is 5.10 Å². The Morgan fingerprint density at radius 3 is 2.96 bits per heavy atom. The van der Waals surface area contributed by atoms with Crippen molar-refractivity contribution in [2.24, 2.45) is 0 Å². The molecule has 3 heterocycles. The lowest BCUT2D eigenvalue weighted by Gasteiger charge is -2.04. The number of rotatable bonds is 5. The molecule has 1 aliphatic heterocycles. The molecular formula is C19H18N4O2. The molecule has 3 aromatic rings. The Labute approximate surface area is 145 Å². The second-order valence-electron chi connectivity index (χ2n) is 5.97. The van der Waals surface area contributed by atoms with Crippen LogP contribution in [0.4, 0.5) is 5.82 Å². The van der Waals surface area contributed by atoms with E-state index in [1.807, 2.05) is 42.6 Å². The van der Waals surface area contributed by atoms with Crippen LogP contribution in [0.3, 0.4) is 0 Å². The number of aromatic nitrogens is 3. The molecule has 0 saturated carbocycles. The molecule has 0 bridgehead atoms. The number of hydrogen-bond donors (Lipinski definition) is 1. The third-order valence-electron chi connectivity index (χ3n) is 4.19. The first-order chi connectivity index (χ1) is 12.3. The van der Waals surface area contributed by atoms with E-state index in [1.165, 1.54) is 0 Å². The fraction of sp³-hybridized carbons (Fsp3) is 0.211. The molecule has 1 N–H and O–H groups in total. The molecular weight excluding hydrogens is 316 g/mol. The van der Waals surface area contributed by atoms with Gasteiger partial charge in [-0.3, -0.25) is 14.5 Å². The normalized spacial score (nSPS) is 12.8. The largest absolute Gasteiger partial charge is 0.372 e. The summed E-state index contributed by atoms with van der Waals surface area (Å²) in [5.74, 6) is 0.382. The van der Waals surface area contributed by atoms with Crippen LogP contribution in [0.15, 0.2) is 54.9 Å². The van der Waals surface area contributed by atoms with Crippen molar-refractivity contribution in [1.82, 2.24) is 14.8 Å². The van der Waals surface area contributed by atoms with Gasteiger partial charge < -0.3 is 10.1 Å². The van der Waals surface area contributed by atoms with Gasteiger partial charge in [-0.15, -0.1) is 0 Å². The molecule has 0 unspecified atom stereocenters. The summed E-state index contributed by atoms with van der Waals surface area (Å²) in [6.07, 6.45) is 4.43. The van der Waals surface area contributed by atoms with E-state index in [9.17, 15) is 4.79 Å². The van der Waals surface area contributed by atoms with Crippen LogP contribution in [0.5, 0.6) is 0 Å². The quantitative estimate of drug-likeness (QED) is 0.779. The predicted octanol–water partition coefficient (Wildman–Crippen LogP) is 2.80. The van der Waals surface area contributed by atoms with Crippen molar-refractivity contribution in [2.75, 3.05) is 5.32 Å². The van der Waals surface area contributed by atoms with Gasteiger partial charge in [0.15, 0.2) is 5.82 Å². The Kier molecular flexibility index (Phi) is 4.26. The van der Waals surface area contributed by atoms with Crippen molar-refractivity contribution in [1.29, 1.82) is 0 Å². The number of pyridine rings is 1. The predicted molar refractivity (Wildman–Crippen MR) is 93.1 cm³/mol. The highest BCUT2D eigenvalue weighted by molar-refractivity contribution is 6.03. The highest BCUT2D eigenvalue weighted by Crippen LogP contribution is 2.21. The Bertz CT molecular complexity index is 889. The van der Waals surface area contributed by atoms with E-state index in [4.69, 9.17) is 4.74 Å². The molecule has 6 heteroatoms. The van der Waals surface area contributed by atoms with Crippen LogP contribution in [0.1, 0.15) is 27.2 Å². The number of hydrogen-bond acceptors (Lipinski definition) is 4. The molecule has 0 fully saturated rings. The molecule has 1 aliphatic rings. The molecule has 0 saturated heterocycles. The van der Waals surface area contributed by atoms with Gasteiger partial charge >= 0.3 is 0 Å². The summed E-state index contributed by atoms with van der Waals surface area (Å²) < 4.78 is 7.19. The molecule has 6 nitrogen and oxygen atoms in total. The highest BCUT2D eigenvalue weighted by atomic mass is 16.5. The summed E-state index contributed by atoms with van der Waals surface area (Å²) in [5, 5.41) is 7.24. The molecule has 0 spiro atoms. The highest BCUT2D eigenvalue weighted by Gasteiger charge is 2.15. The van der Waals surface area contributed by atoms with Crippen LogP contribution in [-0.2, 0) is 30.9 Å². The summed E-state index contributed by atoms with van der Waals surface area (Å²) in [6, 6.07) is 13.3. The number of benzene rings is 1. The zero-order valence-electron chi connectivity index (χ0n) is 13.7. The number of amides is 1. The minimum atomic E-state index is -0.162. The molecule has 25 heavy (non-hydrogen) atoms. The lowest BCUT2D eigenvalue weighted by atomic mass is 10.1. The number of carbonyl (C=O) groups is 1. The van der Waals surface area contributed by atoms with E-state index in [1.54, 1.807) is 16.9 Å². The maximum Gasteiger partial charge on any atom is 0.256 e. The molecule has 126 valence electrons. The van der Waals surface area contributed by atoms with Gasteiger partial charge in [-0.05, 0) is 35.4 Å². The third-order valence-corrected chi connectivity index (χ3v) is 4.19. The van der Waals surface area contributed by atoms with E-state index in [2.05, 4.69) is 15.4 Å². The molecule has 0 aliphatic carbocycles. The summed E-state index contributed by atoms with van der Waals surface area (Å²) in [5.41, 5.74) is 3.86. The summed E-state index contributed by atoms with van der Waals surface area (Å²) in [7, 11) is 0. The molecule has 4 rings (SSSR count). The van der Waals surface area contributed by atoms with Gasteiger partial charge in [0.1, 0.15) is 0 Å². The monoisotopic (exact) mass is 334 g/mol. The average molecular weight is 334 g/mol. The Morgan fingerprint density at radius 1 is 1.16 bits per heavy atom. The van der Waals surface area contributed by atoms with E-state index in [-0.39, 0.29) is 5.91 Å². The van der Waals surface area contributed by atoms with Crippen molar-refractivity contribution in [3.63, 3.8) is 0 Å². The van der Waals surface area contributed by atoms with Crippen LogP contribution in [-0.4, -0.2) is 20.7 Å². The summed E-state index contributed by atoms with van der Waals surface area (Å²) in [4.78, 5) is 16.7. The topological polar surface area (TPSA) is 69.0 Å². The van der Waals surface area contributed by atoms with Crippen LogP contribution in [0.2, 0.25) is 0 Å². The van der Waals surface area contributed by atoms with Crippen LogP contribution in [0, 0.1) is 0 Å². The average Bonchev–Trinajstić information content (AvgIpc) is 3.29. The number of fused-ring (bicyclic) bond motifs is 1. The fourth-order valence-corrected chi connectivity index (χ4v) is 2.83. The van der Waals surface area contributed by atoms with Crippen molar-refractivity contribution >= 4 is 11.7 Å². The van der Waals surface area contributed by atoms with Crippen LogP contribution in [0.25, 0.3) is 0 Å². The van der Waals surface area contributed by atoms with Gasteiger partial charge in [0.2, 0.25) is 0 Å². The lowest BCUT2D eigenvalue weighted by Crippen LogP contribution is -2.13. The van der Waals surface area contributed by atoms with Crippen molar-refractivity contribution in [3.05, 3.63) is 77.2 Å². The smallest absolute Gasteiger partial charge is 0.256 e. The number of aryl methyl sites for hydroxylation is 2. The third kappa shape index (κ3) is 3.59. The standard InChI is InChI=1S/C19H18N4O2/c24-19(14-4-5-15-12-25-13-16(15)11-14)21-18-7-10-23(22-18)9-6-17-3-1-2-8-20-17/h1-5,7-8,10-11H,6,9,12-13H2,(H,21,22,24). The minimum absolute atomic E-state index is 0.162. The molecule has 1 aromatic carbocycles. The first-order valence-electron chi connectivity index (χ1n) is 8.22. The molecule has 0 radical (unpaired) electrons. The second kappa shape index (κ2) is 6.86. The van der Waals surface area contributed by atoms with Gasteiger partial charge in [-0.25, -0.2) is 0 Å². The molecule has 2 aromatic heterocycles. The van der Waals surface area contributed by atoms with Crippen LogP contribution >= 0.6 is 0 Å². The summed E-state index contributed by atoms with van der Waals surface area (Å²) in [6.45, 7) is 1.90. The Morgan fingerprint density at radius 2 is 2.08 bits per heavy atom. The number of anilines is 1. The zero-order chi connectivity index (χ0) is 17.1. The van der Waals surface area contributed by atoms with Gasteiger partial charge in [-0.1, -0.05) is 12.1 Å². The first-order valence-corrected chi connectivity index (χ1v) is 8.22. The number of nitrogens with zero attached hydrogens (tertiary/aromatic N) is 3. The van der Waals surface area contributed by atoms with Gasteiger partial charge in [0.25, 0.3) is 5.91 Å². The maximum absolute atomic E-state index is 12.4.